The van der Waals surface area contributed by atoms with Crippen LogP contribution in [0.3, 0.4) is 0 Å². The summed E-state index contributed by atoms with van der Waals surface area (Å²) in [6, 6.07) is 1.37. The van der Waals surface area contributed by atoms with Crippen molar-refractivity contribution in [2.75, 3.05) is 19.7 Å². The lowest BCUT2D eigenvalue weighted by Gasteiger charge is -2.24. The Hall–Kier alpha value is -1.32. The van der Waals surface area contributed by atoms with Crippen LogP contribution < -0.4 is 5.32 Å². The van der Waals surface area contributed by atoms with Crippen LogP contribution in [0.5, 0.6) is 0 Å². The van der Waals surface area contributed by atoms with Crippen molar-refractivity contribution in [2.45, 2.75) is 25.2 Å². The molecule has 1 heterocycles. The molecule has 1 aromatic carbocycles. The highest BCUT2D eigenvalue weighted by Crippen LogP contribution is 2.36. The molecule has 0 amide bonds. The second-order valence-corrected chi connectivity index (χ2v) is 4.73. The Kier molecular flexibility index (Phi) is 4.98. The third-order valence-electron chi connectivity index (χ3n) is 2.98. The molecule has 1 N–H and O–H groups in total. The average molecular weight is 329 g/mol. The van der Waals surface area contributed by atoms with E-state index in [1.54, 1.807) is 0 Å². The molecule has 22 heavy (non-hydrogen) atoms. The van der Waals surface area contributed by atoms with Crippen LogP contribution in [-0.2, 0) is 28.4 Å². The molecule has 3 nitrogen and oxygen atoms in total. The highest BCUT2D eigenvalue weighted by molar-refractivity contribution is 5.33. The zero-order chi connectivity index (χ0) is 16.4. The van der Waals surface area contributed by atoms with E-state index in [0.29, 0.717) is 31.8 Å². The molecule has 0 spiro atoms. The molecule has 0 aliphatic carbocycles. The van der Waals surface area contributed by atoms with E-state index in [9.17, 15) is 26.3 Å². The summed E-state index contributed by atoms with van der Waals surface area (Å²) in [5, 5.41) is 2.93. The summed E-state index contributed by atoms with van der Waals surface area (Å²) in [7, 11) is 0. The van der Waals surface area contributed by atoms with Crippen molar-refractivity contribution in [3.63, 3.8) is 0 Å². The van der Waals surface area contributed by atoms with Gasteiger partial charge < -0.3 is 14.8 Å². The van der Waals surface area contributed by atoms with Crippen molar-refractivity contribution in [2.24, 2.45) is 0 Å². The molecule has 1 unspecified atom stereocenters. The number of hydrogen-bond acceptors (Lipinski definition) is 3. The largest absolute Gasteiger partial charge is 0.416 e. The maximum Gasteiger partial charge on any atom is 0.416 e. The predicted molar refractivity (Wildman–Crippen MR) is 63.8 cm³/mol. The molecule has 1 atom stereocenters. The van der Waals surface area contributed by atoms with Crippen LogP contribution in [0.15, 0.2) is 18.2 Å². The van der Waals surface area contributed by atoms with Gasteiger partial charge in [-0.15, -0.1) is 0 Å². The topological polar surface area (TPSA) is 30.5 Å². The van der Waals surface area contributed by atoms with Gasteiger partial charge in [0.15, 0.2) is 6.29 Å². The van der Waals surface area contributed by atoms with Crippen LogP contribution in [0.2, 0.25) is 0 Å². The summed E-state index contributed by atoms with van der Waals surface area (Å²) < 4.78 is 86.5. The van der Waals surface area contributed by atoms with E-state index in [-0.39, 0.29) is 11.6 Å². The van der Waals surface area contributed by atoms with Crippen LogP contribution in [0, 0.1) is 0 Å². The lowest BCUT2D eigenvalue weighted by Crippen LogP contribution is -2.39. The number of hydrogen-bond donors (Lipinski definition) is 1. The molecule has 1 fully saturated rings. The molecule has 1 saturated heterocycles. The Morgan fingerprint density at radius 1 is 1.05 bits per heavy atom. The summed E-state index contributed by atoms with van der Waals surface area (Å²) in [5.41, 5.74) is -2.93. The van der Waals surface area contributed by atoms with Crippen LogP contribution >= 0.6 is 0 Å². The van der Waals surface area contributed by atoms with E-state index in [0.717, 1.165) is 0 Å². The van der Waals surface area contributed by atoms with E-state index in [1.807, 2.05) is 0 Å². The van der Waals surface area contributed by atoms with Gasteiger partial charge in [0.1, 0.15) is 0 Å². The first-order valence-corrected chi connectivity index (χ1v) is 6.38. The zero-order valence-corrected chi connectivity index (χ0v) is 11.2. The smallest absolute Gasteiger partial charge is 0.350 e. The Labute approximate surface area is 122 Å². The van der Waals surface area contributed by atoms with Gasteiger partial charge in [-0.25, -0.2) is 0 Å². The van der Waals surface area contributed by atoms with E-state index < -0.39 is 36.4 Å². The highest BCUT2D eigenvalue weighted by Gasteiger charge is 2.36. The van der Waals surface area contributed by atoms with Gasteiger partial charge in [0.2, 0.25) is 0 Å². The molecule has 1 aliphatic heterocycles. The summed E-state index contributed by atoms with van der Waals surface area (Å²) in [5.74, 6) is 0. The van der Waals surface area contributed by atoms with Gasteiger partial charge in [-0.1, -0.05) is 0 Å². The number of morpholine rings is 1. The van der Waals surface area contributed by atoms with Gasteiger partial charge in [-0.2, -0.15) is 26.3 Å². The van der Waals surface area contributed by atoms with Gasteiger partial charge in [-0.3, -0.25) is 0 Å². The molecule has 1 aromatic rings. The quantitative estimate of drug-likeness (QED) is 0.864. The molecule has 9 heteroatoms. The zero-order valence-electron chi connectivity index (χ0n) is 11.2. The average Bonchev–Trinajstić information content (AvgIpc) is 2.44. The Morgan fingerprint density at radius 3 is 2.09 bits per heavy atom. The normalized spacial score (nSPS) is 20.2. The van der Waals surface area contributed by atoms with Crippen LogP contribution in [0.4, 0.5) is 26.3 Å². The van der Waals surface area contributed by atoms with E-state index in [4.69, 9.17) is 9.47 Å². The van der Waals surface area contributed by atoms with Crippen molar-refractivity contribution in [3.8, 4) is 0 Å². The monoisotopic (exact) mass is 329 g/mol. The fraction of sp³-hybridized carbons (Fsp3) is 0.538. The number of benzene rings is 1. The van der Waals surface area contributed by atoms with Crippen molar-refractivity contribution >= 4 is 0 Å². The molecule has 124 valence electrons. The first-order valence-electron chi connectivity index (χ1n) is 6.38. The first-order chi connectivity index (χ1) is 10.2. The number of ether oxygens (including phenoxy) is 2. The van der Waals surface area contributed by atoms with E-state index >= 15 is 0 Å². The first kappa shape index (κ1) is 17.0. The van der Waals surface area contributed by atoms with Crippen molar-refractivity contribution in [1.82, 2.24) is 5.32 Å². The number of nitrogens with one attached hydrogen (secondary N) is 1. The summed E-state index contributed by atoms with van der Waals surface area (Å²) in [6.45, 7) is 0.896. The third-order valence-corrected chi connectivity index (χ3v) is 2.98. The lowest BCUT2D eigenvalue weighted by atomic mass is 10.1. The van der Waals surface area contributed by atoms with Crippen molar-refractivity contribution < 1.29 is 35.8 Å². The van der Waals surface area contributed by atoms with Crippen molar-refractivity contribution in [3.05, 3.63) is 34.9 Å². The van der Waals surface area contributed by atoms with Crippen LogP contribution in [-0.4, -0.2) is 26.0 Å². The summed E-state index contributed by atoms with van der Waals surface area (Å²) >= 11 is 0. The Bertz CT molecular complexity index is 476. The maximum atomic E-state index is 12.7. The number of alkyl halides is 6. The fourth-order valence-corrected chi connectivity index (χ4v) is 1.94. The van der Waals surface area contributed by atoms with Crippen molar-refractivity contribution in [1.29, 1.82) is 0 Å². The second kappa shape index (κ2) is 6.43. The lowest BCUT2D eigenvalue weighted by molar-refractivity contribution is -0.160. The molecule has 0 bridgehead atoms. The summed E-state index contributed by atoms with van der Waals surface area (Å²) in [6.07, 6.45) is -10.4. The van der Waals surface area contributed by atoms with Gasteiger partial charge in [-0.05, 0) is 23.8 Å². The molecule has 0 saturated carbocycles. The number of halogens is 6. The van der Waals surface area contributed by atoms with Gasteiger partial charge in [0.25, 0.3) is 0 Å². The van der Waals surface area contributed by atoms with Crippen LogP contribution in [0.1, 0.15) is 16.7 Å². The second-order valence-electron chi connectivity index (χ2n) is 4.73. The van der Waals surface area contributed by atoms with Gasteiger partial charge in [0.05, 0.1) is 24.3 Å². The molecular formula is C13H13F6NO2. The van der Waals surface area contributed by atoms with E-state index in [1.165, 1.54) is 0 Å². The molecule has 2 rings (SSSR count). The minimum absolute atomic E-state index is 0.0855. The summed E-state index contributed by atoms with van der Waals surface area (Å²) in [4.78, 5) is 0. The molecular weight excluding hydrogens is 316 g/mol. The number of rotatable bonds is 3. The van der Waals surface area contributed by atoms with Gasteiger partial charge >= 0.3 is 12.4 Å². The van der Waals surface area contributed by atoms with Gasteiger partial charge in [0, 0.05) is 13.1 Å². The molecule has 0 radical (unpaired) electrons. The molecule has 1 aliphatic rings. The predicted octanol–water partition coefficient (Wildman–Crippen LogP) is 3.19. The minimum atomic E-state index is -4.86. The fourth-order valence-electron chi connectivity index (χ4n) is 1.94. The third kappa shape index (κ3) is 4.59. The Morgan fingerprint density at radius 2 is 1.64 bits per heavy atom. The SMILES string of the molecule is FC(F)(F)c1cc(COC2CNCCO2)cc(C(F)(F)F)c1. The standard InChI is InChI=1S/C13H13F6NO2/c14-12(15,16)9-3-8(4-10(5-9)13(17,18)19)7-22-11-6-20-1-2-21-11/h3-5,11,20H,1-2,6-7H2. The Balaban J connectivity index is 2.18. The van der Waals surface area contributed by atoms with Crippen LogP contribution in [0.25, 0.3) is 0 Å². The minimum Gasteiger partial charge on any atom is -0.350 e. The van der Waals surface area contributed by atoms with E-state index in [2.05, 4.69) is 5.32 Å². The maximum absolute atomic E-state index is 12.7. The highest BCUT2D eigenvalue weighted by atomic mass is 19.4. The molecule has 0 aromatic heterocycles.